The van der Waals surface area contributed by atoms with Crippen molar-refractivity contribution in [1.29, 1.82) is 0 Å². The van der Waals surface area contributed by atoms with Gasteiger partial charge in [-0.1, -0.05) is 0 Å². The van der Waals surface area contributed by atoms with E-state index in [2.05, 4.69) is 0 Å². The van der Waals surface area contributed by atoms with Gasteiger partial charge in [-0.2, -0.15) is 67.3 Å². The lowest BCUT2D eigenvalue weighted by molar-refractivity contribution is 0.378. The molecule has 41 heteroatoms. The van der Waals surface area contributed by atoms with Gasteiger partial charge in [0.1, 0.15) is 0 Å². The fourth-order valence-electron chi connectivity index (χ4n) is 0. The molecule has 0 aromatic heterocycles. The zero-order valence-electron chi connectivity index (χ0n) is 17.7. The largest absolute Gasteiger partial charge is 0.394 e. The highest BCUT2D eigenvalue weighted by atomic mass is 32.3. The Morgan fingerprint density at radius 2 is 0.171 bits per heavy atom. The Morgan fingerprint density at radius 3 is 0.171 bits per heavy atom. The smallest absolute Gasteiger partial charge is 0.344 e. The molecular weight excluding hydrogens is 783 g/mol. The van der Waals surface area contributed by atoms with Crippen LogP contribution in [-0.2, 0) is 83.2 Å². The maximum atomic E-state index is 8.74. The molecule has 0 amide bonds. The molecule has 0 heterocycles. The molecule has 0 bridgehead atoms. The van der Waals surface area contributed by atoms with Crippen LogP contribution >= 0.6 is 0 Å². The van der Waals surface area contributed by atoms with Crippen molar-refractivity contribution < 1.29 is 140 Å². The van der Waals surface area contributed by atoms with Gasteiger partial charge < -0.3 is 6.15 Å². The van der Waals surface area contributed by atoms with Gasteiger partial charge in [-0.05, 0) is 0 Å². The number of rotatable bonds is 0. The molecule has 0 fully saturated rings. The Labute approximate surface area is 229 Å². The summed E-state index contributed by atoms with van der Waals surface area (Å²) in [4.78, 5) is 0. The van der Waals surface area contributed by atoms with Crippen molar-refractivity contribution in [1.82, 2.24) is 6.15 Å². The fraction of sp³-hybridized carbons (Fsp3) is 0. The molecular formula is H19NO32S8. The minimum absolute atomic E-state index is 0. The van der Waals surface area contributed by atoms with Crippen LogP contribution in [0.2, 0.25) is 0 Å². The minimum Gasteiger partial charge on any atom is -0.344 e. The van der Waals surface area contributed by atoms with Crippen LogP contribution in [0.25, 0.3) is 0 Å². The average molecular weight is 802 g/mol. The lowest BCUT2D eigenvalue weighted by atomic mass is 14.0. The second kappa shape index (κ2) is 25.4. The van der Waals surface area contributed by atoms with Gasteiger partial charge in [0.15, 0.2) is 0 Å². The van der Waals surface area contributed by atoms with E-state index in [-0.39, 0.29) is 6.15 Å². The molecule has 0 unspecified atom stereocenters. The van der Waals surface area contributed by atoms with E-state index in [1.165, 1.54) is 0 Å². The van der Waals surface area contributed by atoms with Crippen molar-refractivity contribution >= 4 is 83.2 Å². The molecule has 0 radical (unpaired) electrons. The summed E-state index contributed by atoms with van der Waals surface area (Å²) in [6.45, 7) is 0. The quantitative estimate of drug-likeness (QED) is 0.102. The van der Waals surface area contributed by atoms with Crippen molar-refractivity contribution in [3.63, 3.8) is 0 Å². The summed E-state index contributed by atoms with van der Waals surface area (Å²) < 4.78 is 253. The first-order valence-corrected chi connectivity index (χ1v) is 16.8. The van der Waals surface area contributed by atoms with Crippen LogP contribution in [0, 0.1) is 0 Å². The molecule has 0 saturated heterocycles. The van der Waals surface area contributed by atoms with E-state index in [9.17, 15) is 0 Å². The molecule has 0 rings (SSSR count). The van der Waals surface area contributed by atoms with Gasteiger partial charge >= 0.3 is 83.2 Å². The standard InChI is InChI=1S/H3N.8H2O4S/c;8*1-5(2,3)4/h1H3;8*(H2,1,2,3,4). The van der Waals surface area contributed by atoms with Crippen molar-refractivity contribution in [2.24, 2.45) is 0 Å². The predicted octanol–water partition coefficient (Wildman–Crippen LogP) is -5.06. The molecule has 0 aliphatic carbocycles. The zero-order chi connectivity index (χ0) is 36.0. The summed E-state index contributed by atoms with van der Waals surface area (Å²) in [5.41, 5.74) is 0. The second-order valence-corrected chi connectivity index (χ2v) is 10.7. The summed E-state index contributed by atoms with van der Waals surface area (Å²) >= 11 is 0. The van der Waals surface area contributed by atoms with Crippen LogP contribution in [-0.4, -0.2) is 140 Å². The lowest BCUT2D eigenvalue weighted by Crippen LogP contribution is -1.89. The molecule has 0 spiro atoms. The summed E-state index contributed by atoms with van der Waals surface area (Å²) in [6.07, 6.45) is 0. The predicted molar refractivity (Wildman–Crippen MR) is 118 cm³/mol. The first kappa shape index (κ1) is 63.2. The Balaban J connectivity index is -0.0000000406. The Kier molecular flexibility index (Phi) is 39.2. The van der Waals surface area contributed by atoms with Crippen LogP contribution in [0.1, 0.15) is 0 Å². The molecule has 0 aliphatic heterocycles. The molecule has 0 atom stereocenters. The highest BCUT2D eigenvalue weighted by Crippen LogP contribution is 1.62. The maximum absolute atomic E-state index is 8.74. The highest BCUT2D eigenvalue weighted by molar-refractivity contribution is 7.81. The van der Waals surface area contributed by atoms with E-state index in [1.807, 2.05) is 0 Å². The summed E-state index contributed by atoms with van der Waals surface area (Å²) in [7, 11) is -37.3. The van der Waals surface area contributed by atoms with Gasteiger partial charge in [-0.3, -0.25) is 72.8 Å². The molecule has 0 aromatic rings. The van der Waals surface area contributed by atoms with Crippen LogP contribution in [0.3, 0.4) is 0 Å². The first-order chi connectivity index (χ1) is 16.0. The highest BCUT2D eigenvalue weighted by Gasteiger charge is 1.87. The lowest BCUT2D eigenvalue weighted by Gasteiger charge is -1.68. The molecule has 0 saturated carbocycles. The van der Waals surface area contributed by atoms with Crippen molar-refractivity contribution in [3.8, 4) is 0 Å². The van der Waals surface area contributed by atoms with E-state index in [0.717, 1.165) is 0 Å². The number of hydrogen-bond acceptors (Lipinski definition) is 17. The SMILES string of the molecule is N.O=S(=O)(O)O.O=S(=O)(O)O.O=S(=O)(O)O.O=S(=O)(O)O.O=S(=O)(O)O.O=S(=O)(O)O.O=S(=O)(O)O.O=S(=O)(O)O. The Bertz CT molecular complexity index is 1060. The second-order valence-electron chi connectivity index (χ2n) is 3.58. The average Bonchev–Trinajstić information content (AvgIpc) is 2.16. The Morgan fingerprint density at radius 1 is 0.171 bits per heavy atom. The van der Waals surface area contributed by atoms with Crippen LogP contribution in [0.5, 0.6) is 0 Å². The maximum Gasteiger partial charge on any atom is 0.394 e. The van der Waals surface area contributed by atoms with Gasteiger partial charge in [-0.25, -0.2) is 0 Å². The fourth-order valence-corrected chi connectivity index (χ4v) is 0. The van der Waals surface area contributed by atoms with Gasteiger partial charge in [0, 0.05) is 0 Å². The normalized spacial score (nSPS) is 11.3. The third-order valence-corrected chi connectivity index (χ3v) is 0. The van der Waals surface area contributed by atoms with E-state index < -0.39 is 83.2 Å². The van der Waals surface area contributed by atoms with E-state index in [1.54, 1.807) is 0 Å². The monoisotopic (exact) mass is 801 g/mol. The molecule has 264 valence electrons. The third-order valence-electron chi connectivity index (χ3n) is 0. The van der Waals surface area contributed by atoms with Gasteiger partial charge in [0.05, 0.1) is 0 Å². The van der Waals surface area contributed by atoms with Gasteiger partial charge in [-0.15, -0.1) is 0 Å². The van der Waals surface area contributed by atoms with Crippen molar-refractivity contribution in [3.05, 3.63) is 0 Å². The van der Waals surface area contributed by atoms with Crippen LogP contribution < -0.4 is 6.15 Å². The molecule has 0 aromatic carbocycles. The first-order valence-electron chi connectivity index (χ1n) is 5.59. The number of hydrogen-bond donors (Lipinski definition) is 17. The van der Waals surface area contributed by atoms with Crippen molar-refractivity contribution in [2.75, 3.05) is 0 Å². The van der Waals surface area contributed by atoms with E-state index in [0.29, 0.717) is 0 Å². The van der Waals surface area contributed by atoms with Crippen LogP contribution in [0.4, 0.5) is 0 Å². The summed E-state index contributed by atoms with van der Waals surface area (Å²) in [6, 6.07) is 0. The Hall–Kier alpha value is -1.08. The molecule has 33 nitrogen and oxygen atoms in total. The summed E-state index contributed by atoms with van der Waals surface area (Å²) in [5.74, 6) is 0. The zero-order valence-corrected chi connectivity index (χ0v) is 24.2. The van der Waals surface area contributed by atoms with Gasteiger partial charge in [0.2, 0.25) is 0 Å². The van der Waals surface area contributed by atoms with E-state index in [4.69, 9.17) is 140 Å². The van der Waals surface area contributed by atoms with Crippen molar-refractivity contribution in [2.45, 2.75) is 0 Å². The molecule has 19 N–H and O–H groups in total. The topological polar surface area (TPSA) is 632 Å². The molecule has 41 heavy (non-hydrogen) atoms. The minimum atomic E-state index is -4.67. The van der Waals surface area contributed by atoms with E-state index >= 15 is 0 Å². The summed E-state index contributed by atoms with van der Waals surface area (Å²) in [5, 5.41) is 0. The molecule has 0 aliphatic rings. The third kappa shape index (κ3) is 45500. The van der Waals surface area contributed by atoms with Gasteiger partial charge in [0.25, 0.3) is 0 Å². The van der Waals surface area contributed by atoms with Crippen LogP contribution in [0.15, 0.2) is 0 Å².